The molecule has 25 heavy (non-hydrogen) atoms. The van der Waals surface area contributed by atoms with Crippen LogP contribution < -0.4 is 5.32 Å². The predicted molar refractivity (Wildman–Crippen MR) is 89.2 cm³/mol. The average Bonchev–Trinajstić information content (AvgIpc) is 3.41. The lowest BCUT2D eigenvalue weighted by Crippen LogP contribution is -2.45. The topological polar surface area (TPSA) is 93.5 Å². The van der Waals surface area contributed by atoms with Gasteiger partial charge in [0.05, 0.1) is 11.6 Å². The number of nitrogens with zero attached hydrogens (tertiary/aromatic N) is 3. The van der Waals surface area contributed by atoms with E-state index in [0.717, 1.165) is 17.7 Å². The first-order chi connectivity index (χ1) is 11.9. The van der Waals surface area contributed by atoms with Crippen LogP contribution in [-0.4, -0.2) is 46.8 Å². The third-order valence-electron chi connectivity index (χ3n) is 4.79. The quantitative estimate of drug-likeness (QED) is 0.819. The molecule has 4 amide bonds. The fourth-order valence-electron chi connectivity index (χ4n) is 3.19. The van der Waals surface area contributed by atoms with Crippen LogP contribution in [0, 0.1) is 11.3 Å². The highest BCUT2D eigenvalue weighted by Crippen LogP contribution is 2.30. The number of urea groups is 1. The summed E-state index contributed by atoms with van der Waals surface area (Å²) >= 11 is 0. The number of carbonyl (C=O) groups excluding carboxylic acids is 3. The van der Waals surface area contributed by atoms with Crippen molar-refractivity contribution in [3.8, 4) is 6.07 Å². The second kappa shape index (κ2) is 6.20. The van der Waals surface area contributed by atoms with Crippen LogP contribution in [0.2, 0.25) is 0 Å². The average molecular weight is 340 g/mol. The molecule has 1 saturated heterocycles. The van der Waals surface area contributed by atoms with Crippen LogP contribution in [0.3, 0.4) is 0 Å². The van der Waals surface area contributed by atoms with Crippen LogP contribution >= 0.6 is 0 Å². The Morgan fingerprint density at radius 2 is 2.16 bits per heavy atom. The minimum atomic E-state index is -1.28. The zero-order chi connectivity index (χ0) is 18.2. The number of hydrogen-bond acceptors (Lipinski definition) is 4. The summed E-state index contributed by atoms with van der Waals surface area (Å²) < 4.78 is 0. The van der Waals surface area contributed by atoms with Crippen LogP contribution in [0.25, 0.3) is 0 Å². The molecule has 1 aliphatic heterocycles. The van der Waals surface area contributed by atoms with Crippen LogP contribution in [0.15, 0.2) is 24.3 Å². The zero-order valence-corrected chi connectivity index (χ0v) is 14.3. The van der Waals surface area contributed by atoms with E-state index in [1.54, 1.807) is 36.1 Å². The van der Waals surface area contributed by atoms with Gasteiger partial charge in [-0.3, -0.25) is 14.5 Å². The first kappa shape index (κ1) is 17.0. The zero-order valence-electron chi connectivity index (χ0n) is 14.3. The van der Waals surface area contributed by atoms with Gasteiger partial charge in [0.15, 0.2) is 0 Å². The molecule has 7 heteroatoms. The van der Waals surface area contributed by atoms with Crippen LogP contribution in [0.5, 0.6) is 0 Å². The molecule has 7 nitrogen and oxygen atoms in total. The summed E-state index contributed by atoms with van der Waals surface area (Å²) in [5, 5.41) is 11.7. The number of amides is 4. The minimum absolute atomic E-state index is 0.219. The van der Waals surface area contributed by atoms with Crippen molar-refractivity contribution in [1.29, 1.82) is 5.26 Å². The Labute approximate surface area is 146 Å². The van der Waals surface area contributed by atoms with Gasteiger partial charge >= 0.3 is 6.03 Å². The molecule has 1 atom stereocenters. The molecule has 130 valence electrons. The SMILES string of the molecule is CCN(C(=O)CN1C(=O)N[C@](C)(c2cccc(C#N)c2)C1=O)C1CC1. The lowest BCUT2D eigenvalue weighted by molar-refractivity contribution is -0.139. The molecule has 1 aliphatic carbocycles. The van der Waals surface area contributed by atoms with E-state index >= 15 is 0 Å². The number of imide groups is 1. The maximum absolute atomic E-state index is 12.9. The Bertz CT molecular complexity index is 781. The fourth-order valence-corrected chi connectivity index (χ4v) is 3.19. The van der Waals surface area contributed by atoms with Crippen molar-refractivity contribution in [2.45, 2.75) is 38.3 Å². The van der Waals surface area contributed by atoms with Crippen molar-refractivity contribution in [3.63, 3.8) is 0 Å². The Balaban J connectivity index is 1.81. The molecule has 0 radical (unpaired) electrons. The molecule has 1 aromatic carbocycles. The van der Waals surface area contributed by atoms with Crippen LogP contribution in [0.4, 0.5) is 4.79 Å². The van der Waals surface area contributed by atoms with Crippen molar-refractivity contribution in [2.75, 3.05) is 13.1 Å². The van der Waals surface area contributed by atoms with E-state index in [9.17, 15) is 14.4 Å². The summed E-state index contributed by atoms with van der Waals surface area (Å²) in [6.07, 6.45) is 1.94. The van der Waals surface area contributed by atoms with Gasteiger partial charge in [-0.05, 0) is 44.4 Å². The summed E-state index contributed by atoms with van der Waals surface area (Å²) in [6.45, 7) is 3.78. The van der Waals surface area contributed by atoms with E-state index in [4.69, 9.17) is 5.26 Å². The summed E-state index contributed by atoms with van der Waals surface area (Å²) in [4.78, 5) is 40.3. The van der Waals surface area contributed by atoms with Crippen molar-refractivity contribution in [3.05, 3.63) is 35.4 Å². The maximum Gasteiger partial charge on any atom is 0.325 e. The lowest BCUT2D eigenvalue weighted by atomic mass is 9.91. The van der Waals surface area contributed by atoms with E-state index in [1.165, 1.54) is 0 Å². The second-order valence-electron chi connectivity index (χ2n) is 6.55. The number of nitrogens with one attached hydrogen (secondary N) is 1. The molecule has 0 spiro atoms. The van der Waals surface area contributed by atoms with Crippen molar-refractivity contribution >= 4 is 17.8 Å². The van der Waals surface area contributed by atoms with Crippen molar-refractivity contribution < 1.29 is 14.4 Å². The molecule has 2 fully saturated rings. The van der Waals surface area contributed by atoms with E-state index in [2.05, 4.69) is 5.32 Å². The number of rotatable bonds is 5. The third-order valence-corrected chi connectivity index (χ3v) is 4.79. The van der Waals surface area contributed by atoms with Gasteiger partial charge < -0.3 is 10.2 Å². The monoisotopic (exact) mass is 340 g/mol. The van der Waals surface area contributed by atoms with E-state index in [-0.39, 0.29) is 18.5 Å². The Hall–Kier alpha value is -2.88. The first-order valence-electron chi connectivity index (χ1n) is 8.35. The summed E-state index contributed by atoms with van der Waals surface area (Å²) in [5.74, 6) is -0.698. The van der Waals surface area contributed by atoms with Crippen LogP contribution in [0.1, 0.15) is 37.8 Å². The van der Waals surface area contributed by atoms with Gasteiger partial charge in [0.1, 0.15) is 12.1 Å². The van der Waals surface area contributed by atoms with Crippen molar-refractivity contribution in [2.24, 2.45) is 0 Å². The lowest BCUT2D eigenvalue weighted by Gasteiger charge is -2.24. The van der Waals surface area contributed by atoms with E-state index in [0.29, 0.717) is 17.7 Å². The summed E-state index contributed by atoms with van der Waals surface area (Å²) in [7, 11) is 0. The maximum atomic E-state index is 12.9. The van der Waals surface area contributed by atoms with E-state index < -0.39 is 17.5 Å². The number of hydrogen-bond donors (Lipinski definition) is 1. The normalized spacial score (nSPS) is 22.5. The molecule has 1 N–H and O–H groups in total. The highest BCUT2D eigenvalue weighted by molar-refractivity contribution is 6.09. The Kier molecular flexibility index (Phi) is 4.21. The van der Waals surface area contributed by atoms with Crippen LogP contribution in [-0.2, 0) is 15.1 Å². The molecule has 1 heterocycles. The van der Waals surface area contributed by atoms with Gasteiger partial charge in [0, 0.05) is 12.6 Å². The van der Waals surface area contributed by atoms with Gasteiger partial charge in [0.25, 0.3) is 5.91 Å². The molecule has 0 bridgehead atoms. The smallest absolute Gasteiger partial charge is 0.325 e. The fraction of sp³-hybridized carbons (Fsp3) is 0.444. The molecule has 0 aromatic heterocycles. The summed E-state index contributed by atoms with van der Waals surface area (Å²) in [5.41, 5.74) is -0.350. The van der Waals surface area contributed by atoms with Gasteiger partial charge in [0.2, 0.25) is 5.91 Å². The van der Waals surface area contributed by atoms with Gasteiger partial charge in [-0.15, -0.1) is 0 Å². The molecule has 1 aromatic rings. The first-order valence-corrected chi connectivity index (χ1v) is 8.35. The molecular weight excluding hydrogens is 320 g/mol. The van der Waals surface area contributed by atoms with Gasteiger partial charge in [-0.2, -0.15) is 5.26 Å². The highest BCUT2D eigenvalue weighted by Gasteiger charge is 2.50. The Morgan fingerprint density at radius 1 is 1.44 bits per heavy atom. The molecule has 0 unspecified atom stereocenters. The standard InChI is InChI=1S/C18H20N4O3/c1-3-21(14-7-8-14)15(23)11-22-16(24)18(2,20-17(22)25)13-6-4-5-12(9-13)10-19/h4-6,9,14H,3,7-8,11H2,1-2H3,(H,20,25)/t18-/m1/s1. The summed E-state index contributed by atoms with van der Waals surface area (Å²) in [6, 6.07) is 8.22. The molecule has 1 saturated carbocycles. The molecular formula is C18H20N4O3. The number of nitriles is 1. The van der Waals surface area contributed by atoms with Crippen molar-refractivity contribution in [1.82, 2.24) is 15.1 Å². The predicted octanol–water partition coefficient (Wildman–Crippen LogP) is 1.34. The highest BCUT2D eigenvalue weighted by atomic mass is 16.2. The van der Waals surface area contributed by atoms with Gasteiger partial charge in [-0.1, -0.05) is 12.1 Å². The third kappa shape index (κ3) is 2.95. The van der Waals surface area contributed by atoms with Gasteiger partial charge in [-0.25, -0.2) is 4.79 Å². The largest absolute Gasteiger partial charge is 0.338 e. The van der Waals surface area contributed by atoms with E-state index in [1.807, 2.05) is 13.0 Å². The number of carbonyl (C=O) groups is 3. The number of likely N-dealkylation sites (N-methyl/N-ethyl adjacent to an activating group) is 1. The Morgan fingerprint density at radius 3 is 2.76 bits per heavy atom. The molecule has 3 rings (SSSR count). The second-order valence-corrected chi connectivity index (χ2v) is 6.55. The minimum Gasteiger partial charge on any atom is -0.338 e. The molecule has 2 aliphatic rings. The number of benzene rings is 1.